The zero-order valence-electron chi connectivity index (χ0n) is 13.5. The van der Waals surface area contributed by atoms with Crippen LogP contribution < -0.4 is 5.32 Å². The van der Waals surface area contributed by atoms with Crippen LogP contribution in [0.2, 0.25) is 0 Å². The molecule has 0 aliphatic carbocycles. The Morgan fingerprint density at radius 2 is 2.05 bits per heavy atom. The third-order valence-corrected chi connectivity index (χ3v) is 3.68. The number of carbonyl (C=O) groups excluding carboxylic acids is 1. The van der Waals surface area contributed by atoms with Crippen molar-refractivity contribution in [2.24, 2.45) is 5.41 Å². The van der Waals surface area contributed by atoms with Crippen molar-refractivity contribution in [3.8, 4) is 6.07 Å². The number of nitrogens with zero attached hydrogens (tertiary/aromatic N) is 2. The summed E-state index contributed by atoms with van der Waals surface area (Å²) in [7, 11) is 1.77. The average Bonchev–Trinajstić information content (AvgIpc) is 2.37. The van der Waals surface area contributed by atoms with Crippen LogP contribution >= 0.6 is 0 Å². The molecular weight excluding hydrogens is 270 g/mol. The molecule has 1 aliphatic rings. The lowest BCUT2D eigenvalue weighted by Crippen LogP contribution is -2.46. The summed E-state index contributed by atoms with van der Waals surface area (Å²) in [6, 6.07) is 2.35. The standard InChI is InChI=1S/C15H27N3O3/c1-14(2,3)21-13(20)18-7-5-15(11-16,6-8-18)9-12(19)10-17-4/h12,17,19H,5-10H2,1-4H3/t12-/m1/s1. The first-order chi connectivity index (χ1) is 9.71. The fraction of sp³-hybridized carbons (Fsp3) is 0.867. The van der Waals surface area contributed by atoms with Gasteiger partial charge in [-0.15, -0.1) is 0 Å². The summed E-state index contributed by atoms with van der Waals surface area (Å²) < 4.78 is 5.34. The fourth-order valence-electron chi connectivity index (χ4n) is 2.56. The predicted octanol–water partition coefficient (Wildman–Crippen LogP) is 1.50. The molecule has 1 aliphatic heterocycles. The van der Waals surface area contributed by atoms with E-state index in [9.17, 15) is 15.2 Å². The SMILES string of the molecule is CNC[C@H](O)CC1(C#N)CCN(C(=O)OC(C)(C)C)CC1. The minimum Gasteiger partial charge on any atom is -0.444 e. The van der Waals surface area contributed by atoms with Crippen molar-refractivity contribution < 1.29 is 14.6 Å². The Balaban J connectivity index is 2.56. The first kappa shape index (κ1) is 17.7. The second-order valence-electron chi connectivity index (χ2n) is 6.78. The number of hydrogen-bond acceptors (Lipinski definition) is 5. The first-order valence-corrected chi connectivity index (χ1v) is 7.43. The van der Waals surface area contributed by atoms with Gasteiger partial charge >= 0.3 is 6.09 Å². The Kier molecular flexibility index (Phi) is 5.99. The number of nitrogens with one attached hydrogen (secondary N) is 1. The van der Waals surface area contributed by atoms with E-state index in [2.05, 4.69) is 11.4 Å². The molecule has 0 bridgehead atoms. The quantitative estimate of drug-likeness (QED) is 0.821. The molecule has 2 N–H and O–H groups in total. The monoisotopic (exact) mass is 297 g/mol. The molecule has 1 saturated heterocycles. The number of ether oxygens (including phenoxy) is 1. The lowest BCUT2D eigenvalue weighted by Gasteiger charge is -2.38. The summed E-state index contributed by atoms with van der Waals surface area (Å²) >= 11 is 0. The van der Waals surface area contributed by atoms with E-state index in [1.807, 2.05) is 20.8 Å². The van der Waals surface area contributed by atoms with E-state index < -0.39 is 17.1 Å². The maximum atomic E-state index is 12.0. The number of nitriles is 1. The summed E-state index contributed by atoms with van der Waals surface area (Å²) in [5.41, 5.74) is -1.06. The second kappa shape index (κ2) is 7.10. The van der Waals surface area contributed by atoms with Crippen LogP contribution in [0.3, 0.4) is 0 Å². The Morgan fingerprint density at radius 1 is 1.48 bits per heavy atom. The zero-order valence-corrected chi connectivity index (χ0v) is 13.5. The highest BCUT2D eigenvalue weighted by Gasteiger charge is 2.38. The number of hydrogen-bond donors (Lipinski definition) is 2. The van der Waals surface area contributed by atoms with E-state index in [0.717, 1.165) is 0 Å². The number of piperidine rings is 1. The van der Waals surface area contributed by atoms with E-state index in [0.29, 0.717) is 38.9 Å². The summed E-state index contributed by atoms with van der Waals surface area (Å²) in [5.74, 6) is 0. The molecule has 1 rings (SSSR count). The average molecular weight is 297 g/mol. The van der Waals surface area contributed by atoms with Crippen LogP contribution in [0.1, 0.15) is 40.0 Å². The molecule has 1 amide bonds. The molecule has 0 unspecified atom stereocenters. The van der Waals surface area contributed by atoms with Crippen molar-refractivity contribution in [2.75, 3.05) is 26.7 Å². The number of amides is 1. The molecule has 1 heterocycles. The molecular formula is C15H27N3O3. The van der Waals surface area contributed by atoms with Gasteiger partial charge in [-0.3, -0.25) is 0 Å². The number of rotatable bonds is 4. The minimum atomic E-state index is -0.547. The molecule has 6 heteroatoms. The molecule has 0 spiro atoms. The Labute approximate surface area is 127 Å². The largest absolute Gasteiger partial charge is 0.444 e. The van der Waals surface area contributed by atoms with Gasteiger partial charge in [-0.25, -0.2) is 4.79 Å². The summed E-state index contributed by atoms with van der Waals surface area (Å²) in [5, 5.41) is 22.3. The van der Waals surface area contributed by atoms with E-state index in [4.69, 9.17) is 4.74 Å². The molecule has 6 nitrogen and oxygen atoms in total. The van der Waals surface area contributed by atoms with E-state index >= 15 is 0 Å². The molecule has 21 heavy (non-hydrogen) atoms. The van der Waals surface area contributed by atoms with Crippen molar-refractivity contribution in [2.45, 2.75) is 51.7 Å². The highest BCUT2D eigenvalue weighted by Crippen LogP contribution is 2.35. The van der Waals surface area contributed by atoms with Crippen LogP contribution in [0.15, 0.2) is 0 Å². The molecule has 0 aromatic rings. The van der Waals surface area contributed by atoms with Crippen molar-refractivity contribution in [1.29, 1.82) is 5.26 Å². The second-order valence-corrected chi connectivity index (χ2v) is 6.78. The van der Waals surface area contributed by atoms with Crippen LogP contribution in [0.5, 0.6) is 0 Å². The maximum Gasteiger partial charge on any atom is 0.410 e. The van der Waals surface area contributed by atoms with Gasteiger partial charge in [0.05, 0.1) is 17.6 Å². The molecule has 0 aromatic heterocycles. The molecule has 1 fully saturated rings. The van der Waals surface area contributed by atoms with Gasteiger partial charge in [-0.2, -0.15) is 5.26 Å². The fourth-order valence-corrected chi connectivity index (χ4v) is 2.56. The van der Waals surface area contributed by atoms with E-state index in [1.54, 1.807) is 11.9 Å². The minimum absolute atomic E-state index is 0.329. The van der Waals surface area contributed by atoms with Gasteiger partial charge in [0.1, 0.15) is 5.60 Å². The number of likely N-dealkylation sites (tertiary alicyclic amines) is 1. The van der Waals surface area contributed by atoms with Crippen molar-refractivity contribution in [3.63, 3.8) is 0 Å². The van der Waals surface area contributed by atoms with Gasteiger partial charge in [0, 0.05) is 19.6 Å². The summed E-state index contributed by atoms with van der Waals surface area (Å²) in [4.78, 5) is 13.6. The summed E-state index contributed by atoms with van der Waals surface area (Å²) in [6.45, 7) is 6.97. The molecule has 0 radical (unpaired) electrons. The third-order valence-electron chi connectivity index (χ3n) is 3.68. The van der Waals surface area contributed by atoms with Crippen molar-refractivity contribution in [1.82, 2.24) is 10.2 Å². The lowest BCUT2D eigenvalue weighted by atomic mass is 9.75. The van der Waals surface area contributed by atoms with Crippen LogP contribution in [0.4, 0.5) is 4.79 Å². The van der Waals surface area contributed by atoms with Crippen LogP contribution in [-0.4, -0.2) is 54.5 Å². The molecule has 120 valence electrons. The smallest absolute Gasteiger partial charge is 0.410 e. The van der Waals surface area contributed by atoms with Crippen molar-refractivity contribution in [3.05, 3.63) is 0 Å². The number of carbonyl (C=O) groups is 1. The van der Waals surface area contributed by atoms with Gasteiger partial charge in [0.15, 0.2) is 0 Å². The van der Waals surface area contributed by atoms with Crippen molar-refractivity contribution >= 4 is 6.09 Å². The zero-order chi connectivity index (χ0) is 16.1. The number of likely N-dealkylation sites (N-methyl/N-ethyl adjacent to an activating group) is 1. The predicted molar refractivity (Wildman–Crippen MR) is 79.6 cm³/mol. The first-order valence-electron chi connectivity index (χ1n) is 7.43. The Morgan fingerprint density at radius 3 is 2.48 bits per heavy atom. The number of aliphatic hydroxyl groups is 1. The van der Waals surface area contributed by atoms with Gasteiger partial charge < -0.3 is 20.1 Å². The van der Waals surface area contributed by atoms with Crippen LogP contribution in [0, 0.1) is 16.7 Å². The van der Waals surface area contributed by atoms with Gasteiger partial charge in [-0.05, 0) is 47.1 Å². The highest BCUT2D eigenvalue weighted by molar-refractivity contribution is 5.68. The normalized spacial score (nSPS) is 19.7. The lowest BCUT2D eigenvalue weighted by molar-refractivity contribution is 0.0102. The maximum absolute atomic E-state index is 12.0. The Hall–Kier alpha value is -1.32. The van der Waals surface area contributed by atoms with Gasteiger partial charge in [0.2, 0.25) is 0 Å². The summed E-state index contributed by atoms with van der Waals surface area (Å²) in [6.07, 6.45) is 0.715. The topological polar surface area (TPSA) is 85.6 Å². The van der Waals surface area contributed by atoms with E-state index in [1.165, 1.54) is 0 Å². The van der Waals surface area contributed by atoms with Gasteiger partial charge in [-0.1, -0.05) is 0 Å². The molecule has 0 aromatic carbocycles. The van der Waals surface area contributed by atoms with E-state index in [-0.39, 0.29) is 6.09 Å². The highest BCUT2D eigenvalue weighted by atomic mass is 16.6. The van der Waals surface area contributed by atoms with Crippen LogP contribution in [-0.2, 0) is 4.74 Å². The number of aliphatic hydroxyl groups excluding tert-OH is 1. The molecule has 1 atom stereocenters. The third kappa shape index (κ3) is 5.52. The Bertz CT molecular complexity index is 390. The molecule has 0 saturated carbocycles. The van der Waals surface area contributed by atoms with Gasteiger partial charge in [0.25, 0.3) is 0 Å². The van der Waals surface area contributed by atoms with Crippen LogP contribution in [0.25, 0.3) is 0 Å².